The molecule has 0 aliphatic carbocycles. The number of halogens is 1. The molecule has 1 aromatic carbocycles. The first-order chi connectivity index (χ1) is 10.5. The second kappa shape index (κ2) is 5.87. The molecule has 1 unspecified atom stereocenters. The van der Waals surface area contributed by atoms with Crippen LogP contribution in [0, 0.1) is 19.7 Å². The third-order valence-electron chi connectivity index (χ3n) is 4.03. The topological polar surface area (TPSA) is 51.0 Å². The van der Waals surface area contributed by atoms with Crippen molar-refractivity contribution < 1.29 is 9.18 Å². The molecule has 2 aromatic rings. The summed E-state index contributed by atoms with van der Waals surface area (Å²) in [7, 11) is 0. The van der Waals surface area contributed by atoms with Crippen molar-refractivity contribution in [3.63, 3.8) is 0 Å². The predicted octanol–water partition coefficient (Wildman–Crippen LogP) is 2.51. The third-order valence-corrected chi connectivity index (χ3v) is 4.03. The molecule has 1 aromatic heterocycles. The van der Waals surface area contributed by atoms with Gasteiger partial charge in [-0.3, -0.25) is 4.79 Å². The van der Waals surface area contributed by atoms with Gasteiger partial charge in [0.2, 0.25) is 0 Å². The van der Waals surface area contributed by atoms with Crippen molar-refractivity contribution in [2.45, 2.75) is 32.7 Å². The van der Waals surface area contributed by atoms with Crippen molar-refractivity contribution in [1.82, 2.24) is 19.7 Å². The van der Waals surface area contributed by atoms with Gasteiger partial charge in [0.05, 0.1) is 6.04 Å². The van der Waals surface area contributed by atoms with Crippen LogP contribution in [0.4, 0.5) is 4.39 Å². The number of aromatic nitrogens is 3. The lowest BCUT2D eigenvalue weighted by Crippen LogP contribution is -2.41. The fourth-order valence-electron chi connectivity index (χ4n) is 3.00. The highest BCUT2D eigenvalue weighted by atomic mass is 19.1. The molecule has 5 nitrogen and oxygen atoms in total. The lowest BCUT2D eigenvalue weighted by molar-refractivity contribution is 0.0671. The van der Waals surface area contributed by atoms with E-state index in [4.69, 9.17) is 0 Å². The largest absolute Gasteiger partial charge is 0.337 e. The number of hydrogen-bond donors (Lipinski definition) is 0. The maximum atomic E-state index is 13.0. The molecule has 1 fully saturated rings. The van der Waals surface area contributed by atoms with Crippen LogP contribution < -0.4 is 0 Å². The second-order valence-electron chi connectivity index (χ2n) is 5.70. The zero-order valence-electron chi connectivity index (χ0n) is 12.8. The van der Waals surface area contributed by atoms with Gasteiger partial charge in [-0.1, -0.05) is 0 Å². The molecule has 22 heavy (non-hydrogen) atoms. The van der Waals surface area contributed by atoms with E-state index in [1.54, 1.807) is 0 Å². The van der Waals surface area contributed by atoms with Crippen molar-refractivity contribution >= 4 is 5.91 Å². The summed E-state index contributed by atoms with van der Waals surface area (Å²) in [5, 5.41) is 4.43. The van der Waals surface area contributed by atoms with Gasteiger partial charge in [0.25, 0.3) is 5.91 Å². The summed E-state index contributed by atoms with van der Waals surface area (Å²) in [6, 6.07) is 5.86. The Hall–Kier alpha value is -2.24. The van der Waals surface area contributed by atoms with E-state index in [-0.39, 0.29) is 17.8 Å². The SMILES string of the molecule is Cc1nc(C)n(C2CCCN(C(=O)c3ccc(F)cc3)C2)n1. The van der Waals surface area contributed by atoms with Crippen LogP contribution in [0.5, 0.6) is 0 Å². The number of likely N-dealkylation sites (tertiary alicyclic amines) is 1. The number of hydrogen-bond acceptors (Lipinski definition) is 3. The maximum Gasteiger partial charge on any atom is 0.253 e. The van der Waals surface area contributed by atoms with E-state index in [0.29, 0.717) is 12.1 Å². The molecule has 1 atom stereocenters. The van der Waals surface area contributed by atoms with Crippen LogP contribution in [-0.4, -0.2) is 38.7 Å². The van der Waals surface area contributed by atoms with Gasteiger partial charge in [-0.25, -0.2) is 14.1 Å². The van der Waals surface area contributed by atoms with E-state index in [1.165, 1.54) is 24.3 Å². The quantitative estimate of drug-likeness (QED) is 0.856. The summed E-state index contributed by atoms with van der Waals surface area (Å²) in [5.41, 5.74) is 0.522. The van der Waals surface area contributed by atoms with Crippen molar-refractivity contribution in [3.05, 3.63) is 47.3 Å². The smallest absolute Gasteiger partial charge is 0.253 e. The zero-order valence-corrected chi connectivity index (χ0v) is 12.8. The van der Waals surface area contributed by atoms with Crippen LogP contribution >= 0.6 is 0 Å². The van der Waals surface area contributed by atoms with Gasteiger partial charge in [0, 0.05) is 18.7 Å². The van der Waals surface area contributed by atoms with Crippen molar-refractivity contribution in [1.29, 1.82) is 0 Å². The molecule has 116 valence electrons. The number of nitrogens with zero attached hydrogens (tertiary/aromatic N) is 4. The highest BCUT2D eigenvalue weighted by Crippen LogP contribution is 2.23. The van der Waals surface area contributed by atoms with Crippen LogP contribution in [0.25, 0.3) is 0 Å². The summed E-state index contributed by atoms with van der Waals surface area (Å²) in [4.78, 5) is 18.7. The Bertz CT molecular complexity index is 680. The first kappa shape index (κ1) is 14.7. The molecule has 1 amide bonds. The van der Waals surface area contributed by atoms with Gasteiger partial charge < -0.3 is 4.90 Å². The summed E-state index contributed by atoms with van der Waals surface area (Å²) in [6.45, 7) is 5.13. The lowest BCUT2D eigenvalue weighted by atomic mass is 10.0. The van der Waals surface area contributed by atoms with E-state index in [1.807, 2.05) is 23.4 Å². The summed E-state index contributed by atoms with van der Waals surface area (Å²) in [6.07, 6.45) is 1.91. The number of aryl methyl sites for hydroxylation is 2. The molecule has 3 rings (SSSR count). The summed E-state index contributed by atoms with van der Waals surface area (Å²) >= 11 is 0. The van der Waals surface area contributed by atoms with Crippen molar-refractivity contribution in [2.24, 2.45) is 0 Å². The molecular formula is C16H19FN4O. The van der Waals surface area contributed by atoms with Gasteiger partial charge in [0.15, 0.2) is 0 Å². The Morgan fingerprint density at radius 3 is 2.64 bits per heavy atom. The Kier molecular flexibility index (Phi) is 3.92. The molecule has 1 saturated heterocycles. The Morgan fingerprint density at radius 1 is 1.27 bits per heavy atom. The normalized spacial score (nSPS) is 18.5. The Labute approximate surface area is 128 Å². The Balaban J connectivity index is 1.76. The van der Waals surface area contributed by atoms with Gasteiger partial charge in [-0.15, -0.1) is 0 Å². The van der Waals surface area contributed by atoms with Gasteiger partial charge >= 0.3 is 0 Å². The first-order valence-electron chi connectivity index (χ1n) is 7.49. The number of carbonyl (C=O) groups is 1. The number of piperidine rings is 1. The highest BCUT2D eigenvalue weighted by Gasteiger charge is 2.27. The molecule has 6 heteroatoms. The summed E-state index contributed by atoms with van der Waals surface area (Å²) in [5.74, 6) is 1.24. The molecule has 1 aliphatic rings. The number of rotatable bonds is 2. The Morgan fingerprint density at radius 2 is 2.00 bits per heavy atom. The molecule has 0 bridgehead atoms. The fraction of sp³-hybridized carbons (Fsp3) is 0.438. The third kappa shape index (κ3) is 2.86. The minimum Gasteiger partial charge on any atom is -0.337 e. The standard InChI is InChI=1S/C16H19FN4O/c1-11-18-12(2)21(19-11)15-4-3-9-20(10-15)16(22)13-5-7-14(17)8-6-13/h5-8,15H,3-4,9-10H2,1-2H3. The molecule has 0 radical (unpaired) electrons. The summed E-state index contributed by atoms with van der Waals surface area (Å²) < 4.78 is 14.9. The minimum absolute atomic E-state index is 0.0563. The highest BCUT2D eigenvalue weighted by molar-refractivity contribution is 5.94. The van der Waals surface area contributed by atoms with Crippen molar-refractivity contribution in [2.75, 3.05) is 13.1 Å². The molecular weight excluding hydrogens is 283 g/mol. The van der Waals surface area contributed by atoms with Crippen molar-refractivity contribution in [3.8, 4) is 0 Å². The van der Waals surface area contributed by atoms with E-state index < -0.39 is 0 Å². The van der Waals surface area contributed by atoms with E-state index in [0.717, 1.165) is 31.0 Å². The number of carbonyl (C=O) groups excluding carboxylic acids is 1. The molecule has 2 heterocycles. The fourth-order valence-corrected chi connectivity index (χ4v) is 3.00. The van der Waals surface area contributed by atoms with Crippen LogP contribution in [-0.2, 0) is 0 Å². The van der Waals surface area contributed by atoms with E-state index in [9.17, 15) is 9.18 Å². The van der Waals surface area contributed by atoms with Crippen LogP contribution in [0.2, 0.25) is 0 Å². The van der Waals surface area contributed by atoms with Crippen LogP contribution in [0.15, 0.2) is 24.3 Å². The van der Waals surface area contributed by atoms with Crippen LogP contribution in [0.1, 0.15) is 40.9 Å². The first-order valence-corrected chi connectivity index (χ1v) is 7.49. The number of benzene rings is 1. The molecule has 1 aliphatic heterocycles. The molecule has 0 saturated carbocycles. The lowest BCUT2D eigenvalue weighted by Gasteiger charge is -2.33. The maximum absolute atomic E-state index is 13.0. The average molecular weight is 302 g/mol. The second-order valence-corrected chi connectivity index (χ2v) is 5.70. The minimum atomic E-state index is -0.332. The van der Waals surface area contributed by atoms with E-state index >= 15 is 0 Å². The van der Waals surface area contributed by atoms with E-state index in [2.05, 4.69) is 10.1 Å². The zero-order chi connectivity index (χ0) is 15.7. The molecule has 0 N–H and O–H groups in total. The van der Waals surface area contributed by atoms with Gasteiger partial charge in [-0.2, -0.15) is 5.10 Å². The predicted molar refractivity (Wildman–Crippen MR) is 80.1 cm³/mol. The van der Waals surface area contributed by atoms with Gasteiger partial charge in [0.1, 0.15) is 17.5 Å². The average Bonchev–Trinajstić information content (AvgIpc) is 2.86. The van der Waals surface area contributed by atoms with Gasteiger partial charge in [-0.05, 0) is 51.0 Å². The molecule has 0 spiro atoms. The van der Waals surface area contributed by atoms with Crippen LogP contribution in [0.3, 0.4) is 0 Å². The monoisotopic (exact) mass is 302 g/mol. The number of amides is 1.